The summed E-state index contributed by atoms with van der Waals surface area (Å²) in [4.78, 5) is 30.1. The third-order valence-corrected chi connectivity index (χ3v) is 5.90. The number of hydrogen-bond acceptors (Lipinski definition) is 9. The van der Waals surface area contributed by atoms with Crippen LogP contribution in [0.1, 0.15) is 23.2 Å². The molecule has 2 heterocycles. The maximum Gasteiger partial charge on any atom is 0.337 e. The minimum atomic E-state index is -0.881. The van der Waals surface area contributed by atoms with E-state index in [4.69, 9.17) is 14.6 Å². The minimum absolute atomic E-state index is 0.0581. The first-order chi connectivity index (χ1) is 16.1. The topological polar surface area (TPSA) is 102 Å². The quantitative estimate of drug-likeness (QED) is 0.219. The number of benzene rings is 2. The summed E-state index contributed by atoms with van der Waals surface area (Å²) in [7, 11) is 0. The standard InChI is InChI=1S/C23H22FN3O5S/c24-19-12-16(11-17(13-29)21(19)32-20(30)14-31-10-9-28)23-25-22(26-33-23)15-3-5-18(6-4-15)27-7-1-2-8-27/h3-6,11-13,28H,1-2,7-10,14H2. The SMILES string of the molecule is O=Cc1cc(-c2nc(-c3ccc(N4CCCC4)cc3)ns2)cc(F)c1OC(=O)COCCO. The number of rotatable bonds is 9. The summed E-state index contributed by atoms with van der Waals surface area (Å²) in [6.45, 7) is 1.32. The van der Waals surface area contributed by atoms with E-state index in [2.05, 4.69) is 14.3 Å². The van der Waals surface area contributed by atoms with Gasteiger partial charge in [-0.2, -0.15) is 4.37 Å². The fourth-order valence-electron chi connectivity index (χ4n) is 3.55. The van der Waals surface area contributed by atoms with Crippen LogP contribution in [0.2, 0.25) is 0 Å². The molecule has 10 heteroatoms. The Balaban J connectivity index is 1.52. The molecule has 4 rings (SSSR count). The van der Waals surface area contributed by atoms with Crippen LogP contribution in [-0.2, 0) is 9.53 Å². The van der Waals surface area contributed by atoms with Crippen molar-refractivity contribution in [2.24, 2.45) is 0 Å². The molecule has 1 fully saturated rings. The molecule has 1 saturated heterocycles. The predicted molar refractivity (Wildman–Crippen MR) is 121 cm³/mol. The van der Waals surface area contributed by atoms with Crippen LogP contribution >= 0.6 is 11.5 Å². The normalized spacial score (nSPS) is 13.3. The first-order valence-electron chi connectivity index (χ1n) is 10.5. The Kier molecular flexibility index (Phi) is 7.38. The fraction of sp³-hybridized carbons (Fsp3) is 0.304. The molecule has 0 amide bonds. The Morgan fingerprint density at radius 1 is 1.18 bits per heavy atom. The van der Waals surface area contributed by atoms with Crippen molar-refractivity contribution < 1.29 is 28.6 Å². The summed E-state index contributed by atoms with van der Waals surface area (Å²) in [5.74, 6) is -1.73. The number of esters is 1. The lowest BCUT2D eigenvalue weighted by Gasteiger charge is -2.17. The molecule has 0 atom stereocenters. The van der Waals surface area contributed by atoms with Crippen molar-refractivity contribution >= 4 is 29.5 Å². The van der Waals surface area contributed by atoms with Crippen LogP contribution in [0.3, 0.4) is 0 Å². The summed E-state index contributed by atoms with van der Waals surface area (Å²) in [5, 5.41) is 9.10. The number of anilines is 1. The van der Waals surface area contributed by atoms with E-state index in [0.29, 0.717) is 22.7 Å². The average molecular weight is 472 g/mol. The molecule has 0 saturated carbocycles. The molecule has 8 nitrogen and oxygen atoms in total. The Morgan fingerprint density at radius 3 is 2.64 bits per heavy atom. The second-order valence-corrected chi connectivity index (χ2v) is 8.16. The highest BCUT2D eigenvalue weighted by molar-refractivity contribution is 7.09. The van der Waals surface area contributed by atoms with E-state index >= 15 is 0 Å². The van der Waals surface area contributed by atoms with Gasteiger partial charge in [0.05, 0.1) is 18.8 Å². The van der Waals surface area contributed by atoms with Crippen LogP contribution in [-0.4, -0.2) is 59.6 Å². The molecule has 0 radical (unpaired) electrons. The van der Waals surface area contributed by atoms with Gasteiger partial charge in [0.2, 0.25) is 0 Å². The second-order valence-electron chi connectivity index (χ2n) is 7.41. The van der Waals surface area contributed by atoms with E-state index in [1.54, 1.807) is 0 Å². The summed E-state index contributed by atoms with van der Waals surface area (Å²) in [6, 6.07) is 10.5. The van der Waals surface area contributed by atoms with E-state index in [1.165, 1.54) is 18.9 Å². The van der Waals surface area contributed by atoms with Gasteiger partial charge in [0.25, 0.3) is 0 Å². The molecule has 0 aliphatic carbocycles. The monoisotopic (exact) mass is 471 g/mol. The molecular formula is C23H22FN3O5S. The predicted octanol–water partition coefficient (Wildman–Crippen LogP) is 3.34. The molecule has 0 bridgehead atoms. The van der Waals surface area contributed by atoms with Crippen molar-refractivity contribution in [3.63, 3.8) is 0 Å². The number of hydrogen-bond donors (Lipinski definition) is 1. The van der Waals surface area contributed by atoms with Crippen LogP contribution in [0.5, 0.6) is 5.75 Å². The lowest BCUT2D eigenvalue weighted by molar-refractivity contribution is -0.140. The van der Waals surface area contributed by atoms with Gasteiger partial charge >= 0.3 is 5.97 Å². The van der Waals surface area contributed by atoms with Crippen LogP contribution in [0, 0.1) is 5.82 Å². The zero-order chi connectivity index (χ0) is 23.2. The lowest BCUT2D eigenvalue weighted by atomic mass is 10.1. The molecular weight excluding hydrogens is 449 g/mol. The number of nitrogens with zero attached hydrogens (tertiary/aromatic N) is 3. The highest BCUT2D eigenvalue weighted by Crippen LogP contribution is 2.32. The number of carbonyl (C=O) groups is 2. The zero-order valence-corrected chi connectivity index (χ0v) is 18.5. The van der Waals surface area contributed by atoms with Crippen molar-refractivity contribution in [2.75, 3.05) is 37.8 Å². The Bertz CT molecular complexity index is 1130. The Hall–Kier alpha value is -3.21. The number of halogens is 1. The molecule has 2 aromatic carbocycles. The number of aliphatic hydroxyl groups is 1. The molecule has 1 aliphatic heterocycles. The smallest absolute Gasteiger partial charge is 0.337 e. The molecule has 0 spiro atoms. The summed E-state index contributed by atoms with van der Waals surface area (Å²) < 4.78 is 28.9. The fourth-order valence-corrected chi connectivity index (χ4v) is 4.22. The van der Waals surface area contributed by atoms with Gasteiger partial charge in [0.1, 0.15) is 11.6 Å². The van der Waals surface area contributed by atoms with Gasteiger partial charge in [-0.1, -0.05) is 0 Å². The summed E-state index contributed by atoms with van der Waals surface area (Å²) in [5.41, 5.74) is 2.22. The highest BCUT2D eigenvalue weighted by Gasteiger charge is 2.19. The molecule has 0 unspecified atom stereocenters. The molecule has 1 aromatic heterocycles. The molecule has 1 N–H and O–H groups in total. The molecule has 1 aliphatic rings. The number of aliphatic hydroxyl groups excluding tert-OH is 1. The average Bonchev–Trinajstić information content (AvgIpc) is 3.53. The van der Waals surface area contributed by atoms with Gasteiger partial charge < -0.3 is 19.5 Å². The van der Waals surface area contributed by atoms with Crippen molar-refractivity contribution in [2.45, 2.75) is 12.8 Å². The van der Waals surface area contributed by atoms with Gasteiger partial charge in [-0.15, -0.1) is 0 Å². The van der Waals surface area contributed by atoms with Gasteiger partial charge in [-0.3, -0.25) is 4.79 Å². The Morgan fingerprint density at radius 2 is 1.94 bits per heavy atom. The van der Waals surface area contributed by atoms with E-state index in [1.807, 2.05) is 24.3 Å². The largest absolute Gasteiger partial charge is 0.421 e. The van der Waals surface area contributed by atoms with E-state index in [-0.39, 0.29) is 18.8 Å². The minimum Gasteiger partial charge on any atom is -0.421 e. The van der Waals surface area contributed by atoms with E-state index < -0.39 is 24.1 Å². The number of carbonyl (C=O) groups excluding carboxylic acids is 2. The number of aldehydes is 1. The van der Waals surface area contributed by atoms with Gasteiger partial charge in [0.15, 0.2) is 23.7 Å². The van der Waals surface area contributed by atoms with Crippen molar-refractivity contribution in [3.05, 3.63) is 47.8 Å². The number of aromatic nitrogens is 2. The lowest BCUT2D eigenvalue weighted by Crippen LogP contribution is -2.18. The van der Waals surface area contributed by atoms with Crippen LogP contribution in [0.4, 0.5) is 10.1 Å². The van der Waals surface area contributed by atoms with E-state index in [9.17, 15) is 14.0 Å². The zero-order valence-electron chi connectivity index (χ0n) is 17.7. The van der Waals surface area contributed by atoms with Crippen LogP contribution in [0.15, 0.2) is 36.4 Å². The van der Waals surface area contributed by atoms with Crippen molar-refractivity contribution in [1.82, 2.24) is 9.36 Å². The van der Waals surface area contributed by atoms with Gasteiger partial charge in [0, 0.05) is 29.9 Å². The molecule has 3 aromatic rings. The maximum absolute atomic E-state index is 14.7. The first-order valence-corrected chi connectivity index (χ1v) is 11.2. The highest BCUT2D eigenvalue weighted by atomic mass is 32.1. The van der Waals surface area contributed by atoms with E-state index in [0.717, 1.165) is 41.9 Å². The van der Waals surface area contributed by atoms with Crippen LogP contribution in [0.25, 0.3) is 22.0 Å². The number of ether oxygens (including phenoxy) is 2. The Labute approximate surface area is 193 Å². The summed E-state index contributed by atoms with van der Waals surface area (Å²) in [6.07, 6.45) is 2.81. The molecule has 172 valence electrons. The molecule has 33 heavy (non-hydrogen) atoms. The second kappa shape index (κ2) is 10.6. The maximum atomic E-state index is 14.7. The third kappa shape index (κ3) is 5.41. The first kappa shape index (κ1) is 23.0. The van der Waals surface area contributed by atoms with Crippen LogP contribution < -0.4 is 9.64 Å². The van der Waals surface area contributed by atoms with Crippen molar-refractivity contribution in [3.8, 4) is 27.7 Å². The van der Waals surface area contributed by atoms with Gasteiger partial charge in [-0.25, -0.2) is 14.2 Å². The van der Waals surface area contributed by atoms with Crippen molar-refractivity contribution in [1.29, 1.82) is 0 Å². The third-order valence-electron chi connectivity index (χ3n) is 5.14. The summed E-state index contributed by atoms with van der Waals surface area (Å²) >= 11 is 1.08. The van der Waals surface area contributed by atoms with Gasteiger partial charge in [-0.05, 0) is 60.8 Å².